The van der Waals surface area contributed by atoms with E-state index in [1.54, 1.807) is 6.07 Å². The molecule has 0 aliphatic heterocycles. The first-order valence-corrected chi connectivity index (χ1v) is 6.09. The van der Waals surface area contributed by atoms with E-state index < -0.39 is 0 Å². The fourth-order valence-corrected chi connectivity index (χ4v) is 1.80. The quantitative estimate of drug-likeness (QED) is 0.881. The lowest BCUT2D eigenvalue weighted by Gasteiger charge is -2.13. The number of rotatable bonds is 5. The molecule has 1 aromatic carbocycles. The minimum atomic E-state index is 0.340. The van der Waals surface area contributed by atoms with Gasteiger partial charge in [-0.3, -0.25) is 0 Å². The van der Waals surface area contributed by atoms with Gasteiger partial charge in [0.25, 0.3) is 0 Å². The molecule has 0 aliphatic rings. The van der Waals surface area contributed by atoms with E-state index in [1.165, 1.54) is 5.56 Å². The summed E-state index contributed by atoms with van der Waals surface area (Å²) in [7, 11) is 0. The van der Waals surface area contributed by atoms with Crippen molar-refractivity contribution in [2.75, 3.05) is 12.3 Å². The maximum absolute atomic E-state index is 5.79. The summed E-state index contributed by atoms with van der Waals surface area (Å²) in [5, 5.41) is 3.82. The van der Waals surface area contributed by atoms with Crippen LogP contribution in [0.4, 0.5) is 5.88 Å². The fraction of sp³-hybridized carbons (Fsp3) is 0.357. The van der Waals surface area contributed by atoms with Gasteiger partial charge in [0.2, 0.25) is 5.88 Å². The monoisotopic (exact) mass is 246 g/mol. The van der Waals surface area contributed by atoms with E-state index in [-0.39, 0.29) is 0 Å². The zero-order chi connectivity index (χ0) is 13.0. The summed E-state index contributed by atoms with van der Waals surface area (Å²) in [5.74, 6) is 1.72. The summed E-state index contributed by atoms with van der Waals surface area (Å²) < 4.78 is 10.6. The van der Waals surface area contributed by atoms with Crippen molar-refractivity contribution < 1.29 is 9.26 Å². The third-order valence-corrected chi connectivity index (χ3v) is 2.73. The van der Waals surface area contributed by atoms with Crippen molar-refractivity contribution in [3.8, 4) is 5.75 Å². The lowest BCUT2D eigenvalue weighted by molar-refractivity contribution is 0.312. The van der Waals surface area contributed by atoms with Crippen molar-refractivity contribution in [2.45, 2.75) is 26.2 Å². The van der Waals surface area contributed by atoms with Crippen LogP contribution in [0.1, 0.15) is 31.0 Å². The average molecular weight is 246 g/mol. The van der Waals surface area contributed by atoms with Gasteiger partial charge in [0.1, 0.15) is 5.75 Å². The van der Waals surface area contributed by atoms with Gasteiger partial charge in [-0.15, -0.1) is 0 Å². The molecule has 0 unspecified atom stereocenters. The standard InChI is InChI=1S/C14H18N2O2/c1-10(2)12-5-3-4-6-13(12)17-8-7-11-9-14(15)18-16-11/h3-6,9-10H,7-8,15H2,1-2H3. The second-order valence-electron chi connectivity index (χ2n) is 4.51. The molecule has 18 heavy (non-hydrogen) atoms. The summed E-state index contributed by atoms with van der Waals surface area (Å²) in [5.41, 5.74) is 7.49. The third kappa shape index (κ3) is 3.03. The largest absolute Gasteiger partial charge is 0.493 e. The Morgan fingerprint density at radius 2 is 2.11 bits per heavy atom. The first-order chi connectivity index (χ1) is 8.66. The topological polar surface area (TPSA) is 61.3 Å². The molecule has 1 heterocycles. The van der Waals surface area contributed by atoms with Gasteiger partial charge in [0.05, 0.1) is 12.3 Å². The summed E-state index contributed by atoms with van der Waals surface area (Å²) in [6.45, 7) is 4.87. The SMILES string of the molecule is CC(C)c1ccccc1OCCc1cc(N)on1. The van der Waals surface area contributed by atoms with Gasteiger partial charge in [-0.1, -0.05) is 37.2 Å². The number of nitrogens with zero attached hydrogens (tertiary/aromatic N) is 1. The number of benzene rings is 1. The molecule has 2 aromatic rings. The van der Waals surface area contributed by atoms with Gasteiger partial charge >= 0.3 is 0 Å². The second kappa shape index (κ2) is 5.58. The lowest BCUT2D eigenvalue weighted by Crippen LogP contribution is -2.04. The van der Waals surface area contributed by atoms with Gasteiger partial charge < -0.3 is 15.0 Å². The van der Waals surface area contributed by atoms with Gasteiger partial charge in [-0.2, -0.15) is 0 Å². The van der Waals surface area contributed by atoms with Crippen LogP contribution < -0.4 is 10.5 Å². The number of hydrogen-bond donors (Lipinski definition) is 1. The molecule has 1 aromatic heterocycles. The van der Waals surface area contributed by atoms with Crippen LogP contribution in [0.25, 0.3) is 0 Å². The first-order valence-electron chi connectivity index (χ1n) is 6.09. The molecular formula is C14H18N2O2. The van der Waals surface area contributed by atoms with E-state index in [0.717, 1.165) is 11.4 Å². The second-order valence-corrected chi connectivity index (χ2v) is 4.51. The zero-order valence-corrected chi connectivity index (χ0v) is 10.7. The molecule has 0 saturated carbocycles. The van der Waals surface area contributed by atoms with Crippen LogP contribution in [-0.2, 0) is 6.42 Å². The number of ether oxygens (including phenoxy) is 1. The van der Waals surface area contributed by atoms with E-state index in [9.17, 15) is 0 Å². The Kier molecular flexibility index (Phi) is 3.87. The van der Waals surface area contributed by atoms with Crippen LogP contribution in [0.3, 0.4) is 0 Å². The van der Waals surface area contributed by atoms with Crippen LogP contribution >= 0.6 is 0 Å². The molecule has 0 fully saturated rings. The molecule has 2 rings (SSSR count). The van der Waals surface area contributed by atoms with Crippen LogP contribution in [0.2, 0.25) is 0 Å². The van der Waals surface area contributed by atoms with Crippen molar-refractivity contribution in [3.63, 3.8) is 0 Å². The molecule has 0 aliphatic carbocycles. The smallest absolute Gasteiger partial charge is 0.222 e. The van der Waals surface area contributed by atoms with Crippen LogP contribution in [-0.4, -0.2) is 11.8 Å². The molecule has 0 amide bonds. The summed E-state index contributed by atoms with van der Waals surface area (Å²) in [4.78, 5) is 0. The Morgan fingerprint density at radius 3 is 2.78 bits per heavy atom. The first kappa shape index (κ1) is 12.5. The fourth-order valence-electron chi connectivity index (χ4n) is 1.80. The number of anilines is 1. The molecule has 0 radical (unpaired) electrons. The minimum Gasteiger partial charge on any atom is -0.493 e. The van der Waals surface area contributed by atoms with Crippen LogP contribution in [0, 0.1) is 0 Å². The predicted molar refractivity (Wildman–Crippen MR) is 70.6 cm³/mol. The van der Waals surface area contributed by atoms with Gasteiger partial charge in [0.15, 0.2) is 0 Å². The highest BCUT2D eigenvalue weighted by molar-refractivity contribution is 5.35. The lowest BCUT2D eigenvalue weighted by atomic mass is 10.0. The van der Waals surface area contributed by atoms with Crippen molar-refractivity contribution in [1.82, 2.24) is 5.16 Å². The minimum absolute atomic E-state index is 0.340. The molecule has 0 bridgehead atoms. The number of aromatic nitrogens is 1. The van der Waals surface area contributed by atoms with Crippen molar-refractivity contribution in [1.29, 1.82) is 0 Å². The number of para-hydroxylation sites is 1. The van der Waals surface area contributed by atoms with E-state index in [0.29, 0.717) is 24.8 Å². The summed E-state index contributed by atoms with van der Waals surface area (Å²) in [6.07, 6.45) is 0.688. The molecule has 0 saturated heterocycles. The Morgan fingerprint density at radius 1 is 1.33 bits per heavy atom. The predicted octanol–water partition coefficient (Wildman–Crippen LogP) is 3.00. The number of nitrogen functional groups attached to an aromatic ring is 1. The zero-order valence-electron chi connectivity index (χ0n) is 10.7. The van der Waals surface area contributed by atoms with Gasteiger partial charge in [0, 0.05) is 12.5 Å². The number of nitrogens with two attached hydrogens (primary N) is 1. The Hall–Kier alpha value is -1.97. The highest BCUT2D eigenvalue weighted by Gasteiger charge is 2.07. The molecule has 2 N–H and O–H groups in total. The van der Waals surface area contributed by atoms with Gasteiger partial charge in [-0.25, -0.2) is 0 Å². The molecule has 0 spiro atoms. The molecular weight excluding hydrogens is 228 g/mol. The van der Waals surface area contributed by atoms with Gasteiger partial charge in [-0.05, 0) is 17.5 Å². The van der Waals surface area contributed by atoms with E-state index in [2.05, 4.69) is 25.1 Å². The highest BCUT2D eigenvalue weighted by atomic mass is 16.5. The molecule has 96 valence electrons. The summed E-state index contributed by atoms with van der Waals surface area (Å²) >= 11 is 0. The number of hydrogen-bond acceptors (Lipinski definition) is 4. The van der Waals surface area contributed by atoms with Crippen molar-refractivity contribution in [3.05, 3.63) is 41.6 Å². The van der Waals surface area contributed by atoms with Crippen molar-refractivity contribution in [2.24, 2.45) is 0 Å². The Balaban J connectivity index is 1.94. The van der Waals surface area contributed by atoms with E-state index in [1.807, 2.05) is 18.2 Å². The average Bonchev–Trinajstić information content (AvgIpc) is 2.75. The molecule has 4 heteroatoms. The van der Waals surface area contributed by atoms with Crippen molar-refractivity contribution >= 4 is 5.88 Å². The highest BCUT2D eigenvalue weighted by Crippen LogP contribution is 2.25. The molecule has 4 nitrogen and oxygen atoms in total. The Labute approximate surface area is 107 Å². The van der Waals surface area contributed by atoms with Crippen LogP contribution in [0.5, 0.6) is 5.75 Å². The van der Waals surface area contributed by atoms with E-state index in [4.69, 9.17) is 15.0 Å². The maximum atomic E-state index is 5.79. The molecule has 0 atom stereocenters. The summed E-state index contributed by atoms with van der Waals surface area (Å²) in [6, 6.07) is 9.81. The maximum Gasteiger partial charge on any atom is 0.222 e. The van der Waals surface area contributed by atoms with E-state index >= 15 is 0 Å². The Bertz CT molecular complexity index is 506. The normalized spacial score (nSPS) is 10.8. The third-order valence-electron chi connectivity index (χ3n) is 2.73. The van der Waals surface area contributed by atoms with Crippen LogP contribution in [0.15, 0.2) is 34.9 Å².